The van der Waals surface area contributed by atoms with Crippen LogP contribution < -0.4 is 0 Å². The zero-order valence-electron chi connectivity index (χ0n) is 9.34. The van der Waals surface area contributed by atoms with E-state index in [1.165, 1.54) is 32.1 Å². The summed E-state index contributed by atoms with van der Waals surface area (Å²) in [6.07, 6.45) is 14.1. The summed E-state index contributed by atoms with van der Waals surface area (Å²) < 4.78 is 0. The Morgan fingerprint density at radius 3 is 2.73 bits per heavy atom. The lowest BCUT2D eigenvalue weighted by molar-refractivity contribution is -0.116. The van der Waals surface area contributed by atoms with E-state index in [1.807, 2.05) is 11.8 Å². The number of thioether (sulfide) groups is 1. The molecule has 0 spiro atoms. The zero-order chi connectivity index (χ0) is 10.9. The van der Waals surface area contributed by atoms with Crippen molar-refractivity contribution >= 4 is 17.5 Å². The molecule has 0 saturated heterocycles. The van der Waals surface area contributed by atoms with Crippen LogP contribution in [-0.4, -0.2) is 16.8 Å². The van der Waals surface area contributed by atoms with Crippen LogP contribution in [0.1, 0.15) is 51.4 Å². The third-order valence-electron chi connectivity index (χ3n) is 2.81. The minimum absolute atomic E-state index is 0.376. The molecule has 84 valence electrons. The molecule has 1 aliphatic rings. The van der Waals surface area contributed by atoms with Gasteiger partial charge in [-0.3, -0.25) is 4.79 Å². The average Bonchev–Trinajstić information content (AvgIpc) is 2.28. The number of carbonyl (C=O) groups excluding carboxylic acids is 1. The van der Waals surface area contributed by atoms with Gasteiger partial charge in [-0.1, -0.05) is 19.3 Å². The zero-order valence-corrected chi connectivity index (χ0v) is 10.2. The molecule has 0 N–H and O–H groups in total. The molecule has 1 rings (SSSR count). The molecule has 0 aromatic rings. The molecule has 0 atom stereocenters. The first-order chi connectivity index (χ1) is 7.33. The summed E-state index contributed by atoms with van der Waals surface area (Å²) >= 11 is 1.86. The molecule has 0 bridgehead atoms. The van der Waals surface area contributed by atoms with E-state index >= 15 is 0 Å². The summed E-state index contributed by atoms with van der Waals surface area (Å²) in [5.74, 6) is 3.65. The van der Waals surface area contributed by atoms with Crippen molar-refractivity contribution in [2.75, 3.05) is 5.75 Å². The molecule has 0 radical (unpaired) electrons. The van der Waals surface area contributed by atoms with E-state index in [0.717, 1.165) is 18.1 Å². The molecular weight excluding hydrogens is 204 g/mol. The first-order valence-corrected chi connectivity index (χ1v) is 6.94. The second kappa shape index (κ2) is 7.82. The normalized spacial score (nSPS) is 17.3. The molecule has 15 heavy (non-hydrogen) atoms. The fourth-order valence-electron chi connectivity index (χ4n) is 1.90. The van der Waals surface area contributed by atoms with Gasteiger partial charge in [-0.2, -0.15) is 11.8 Å². The van der Waals surface area contributed by atoms with Crippen LogP contribution in [0, 0.1) is 12.3 Å². The van der Waals surface area contributed by atoms with Crippen molar-refractivity contribution in [1.29, 1.82) is 0 Å². The molecule has 0 unspecified atom stereocenters. The van der Waals surface area contributed by atoms with Crippen molar-refractivity contribution in [3.8, 4) is 12.3 Å². The molecule has 0 heterocycles. The molecule has 1 nitrogen and oxygen atoms in total. The molecule has 2 heteroatoms. The van der Waals surface area contributed by atoms with Gasteiger partial charge in [-0.25, -0.2) is 0 Å². The van der Waals surface area contributed by atoms with Crippen LogP contribution in [0.3, 0.4) is 0 Å². The molecule has 0 aliphatic heterocycles. The Morgan fingerprint density at radius 2 is 2.07 bits per heavy atom. The Kier molecular flexibility index (Phi) is 6.59. The van der Waals surface area contributed by atoms with Gasteiger partial charge in [0.2, 0.25) is 0 Å². The predicted octanol–water partition coefficient (Wildman–Crippen LogP) is 3.42. The van der Waals surface area contributed by atoms with Crippen LogP contribution in [0.4, 0.5) is 0 Å². The Morgan fingerprint density at radius 1 is 1.33 bits per heavy atom. The SMILES string of the molecule is C#CCCCC(=O)CSC1CCCCC1. The maximum absolute atomic E-state index is 11.5. The number of hydrogen-bond acceptors (Lipinski definition) is 2. The standard InChI is InChI=1S/C13H20OS/c1-2-3-5-8-12(14)11-15-13-9-6-4-7-10-13/h1,13H,3-11H2. The highest BCUT2D eigenvalue weighted by Crippen LogP contribution is 2.28. The van der Waals surface area contributed by atoms with Crippen LogP contribution in [-0.2, 0) is 4.79 Å². The van der Waals surface area contributed by atoms with Crippen LogP contribution in [0.2, 0.25) is 0 Å². The fraction of sp³-hybridized carbons (Fsp3) is 0.769. The largest absolute Gasteiger partial charge is 0.299 e. The lowest BCUT2D eigenvalue weighted by Crippen LogP contribution is -2.12. The topological polar surface area (TPSA) is 17.1 Å². The second-order valence-corrected chi connectivity index (χ2v) is 5.46. The molecule has 1 saturated carbocycles. The summed E-state index contributed by atoms with van der Waals surface area (Å²) in [5, 5.41) is 0.746. The van der Waals surface area contributed by atoms with Gasteiger partial charge in [0.15, 0.2) is 0 Å². The third kappa shape index (κ3) is 5.89. The van der Waals surface area contributed by atoms with Crippen LogP contribution in [0.15, 0.2) is 0 Å². The van der Waals surface area contributed by atoms with Gasteiger partial charge in [0.05, 0.1) is 5.75 Å². The highest BCUT2D eigenvalue weighted by atomic mass is 32.2. The lowest BCUT2D eigenvalue weighted by atomic mass is 10.0. The van der Waals surface area contributed by atoms with Gasteiger partial charge in [-0.05, 0) is 19.3 Å². The highest BCUT2D eigenvalue weighted by Gasteiger charge is 2.14. The molecule has 0 amide bonds. The third-order valence-corrected chi connectivity index (χ3v) is 4.24. The number of carbonyl (C=O) groups is 1. The number of terminal acetylenes is 1. The van der Waals surface area contributed by atoms with Gasteiger partial charge in [0, 0.05) is 18.1 Å². The van der Waals surface area contributed by atoms with Crippen molar-refractivity contribution in [3.05, 3.63) is 0 Å². The van der Waals surface area contributed by atoms with E-state index in [2.05, 4.69) is 5.92 Å². The van der Waals surface area contributed by atoms with E-state index in [9.17, 15) is 4.79 Å². The van der Waals surface area contributed by atoms with E-state index in [4.69, 9.17) is 6.42 Å². The van der Waals surface area contributed by atoms with Crippen molar-refractivity contribution in [2.24, 2.45) is 0 Å². The first-order valence-electron chi connectivity index (χ1n) is 5.89. The van der Waals surface area contributed by atoms with E-state index in [-0.39, 0.29) is 0 Å². The highest BCUT2D eigenvalue weighted by molar-refractivity contribution is 8.00. The van der Waals surface area contributed by atoms with Crippen molar-refractivity contribution in [1.82, 2.24) is 0 Å². The summed E-state index contributed by atoms with van der Waals surface area (Å²) in [7, 11) is 0. The molecule has 0 aromatic carbocycles. The van der Waals surface area contributed by atoms with Crippen molar-refractivity contribution in [3.63, 3.8) is 0 Å². The number of hydrogen-bond donors (Lipinski definition) is 0. The van der Waals surface area contributed by atoms with E-state index < -0.39 is 0 Å². The molecule has 0 aromatic heterocycles. The number of unbranched alkanes of at least 4 members (excludes halogenated alkanes) is 1. The first kappa shape index (κ1) is 12.6. The van der Waals surface area contributed by atoms with E-state index in [1.54, 1.807) is 0 Å². The number of Topliss-reactive ketones (excluding diaryl/α,β-unsaturated/α-hetero) is 1. The van der Waals surface area contributed by atoms with Gasteiger partial charge in [0.25, 0.3) is 0 Å². The molecular formula is C13H20OS. The minimum Gasteiger partial charge on any atom is -0.299 e. The van der Waals surface area contributed by atoms with Gasteiger partial charge >= 0.3 is 0 Å². The Balaban J connectivity index is 2.03. The van der Waals surface area contributed by atoms with Crippen LogP contribution >= 0.6 is 11.8 Å². The van der Waals surface area contributed by atoms with Gasteiger partial charge in [-0.15, -0.1) is 12.3 Å². The predicted molar refractivity (Wildman–Crippen MR) is 67.0 cm³/mol. The van der Waals surface area contributed by atoms with Gasteiger partial charge in [0.1, 0.15) is 5.78 Å². The Bertz CT molecular complexity index is 223. The molecule has 1 fully saturated rings. The minimum atomic E-state index is 0.376. The monoisotopic (exact) mass is 224 g/mol. The Labute approximate surface area is 97.4 Å². The quantitative estimate of drug-likeness (QED) is 0.508. The lowest BCUT2D eigenvalue weighted by Gasteiger charge is -2.20. The smallest absolute Gasteiger partial charge is 0.142 e. The Hall–Kier alpha value is -0.420. The second-order valence-electron chi connectivity index (χ2n) is 4.17. The van der Waals surface area contributed by atoms with Gasteiger partial charge < -0.3 is 0 Å². The maximum Gasteiger partial charge on any atom is 0.142 e. The fourth-order valence-corrected chi connectivity index (χ4v) is 3.13. The van der Waals surface area contributed by atoms with Crippen LogP contribution in [0.25, 0.3) is 0 Å². The maximum atomic E-state index is 11.5. The van der Waals surface area contributed by atoms with Crippen molar-refractivity contribution in [2.45, 2.75) is 56.6 Å². The summed E-state index contributed by atoms with van der Waals surface area (Å²) in [6, 6.07) is 0. The summed E-state index contributed by atoms with van der Waals surface area (Å²) in [6.45, 7) is 0. The number of ketones is 1. The van der Waals surface area contributed by atoms with Crippen molar-refractivity contribution < 1.29 is 4.79 Å². The summed E-state index contributed by atoms with van der Waals surface area (Å²) in [5.41, 5.74) is 0. The number of rotatable bonds is 6. The van der Waals surface area contributed by atoms with Crippen LogP contribution in [0.5, 0.6) is 0 Å². The van der Waals surface area contributed by atoms with E-state index in [0.29, 0.717) is 18.0 Å². The average molecular weight is 224 g/mol. The molecule has 1 aliphatic carbocycles. The summed E-state index contributed by atoms with van der Waals surface area (Å²) in [4.78, 5) is 11.5.